The summed E-state index contributed by atoms with van der Waals surface area (Å²) in [7, 11) is 1.65. The fraction of sp³-hybridized carbons (Fsp3) is 0.261. The number of ether oxygens (including phenoxy) is 1. The number of hydrogen-bond donors (Lipinski definition) is 1. The van der Waals surface area contributed by atoms with Crippen LogP contribution in [0, 0.1) is 13.8 Å². The number of methoxy groups -OCH3 is 1. The average molecular weight is 404 g/mol. The van der Waals surface area contributed by atoms with E-state index in [-0.39, 0.29) is 12.3 Å². The highest BCUT2D eigenvalue weighted by Crippen LogP contribution is 2.35. The molecular formula is C23H24N4O3. The van der Waals surface area contributed by atoms with Crippen molar-refractivity contribution in [2.45, 2.75) is 33.4 Å². The van der Waals surface area contributed by atoms with Crippen molar-refractivity contribution in [2.75, 3.05) is 7.11 Å². The van der Waals surface area contributed by atoms with Crippen LogP contribution >= 0.6 is 0 Å². The van der Waals surface area contributed by atoms with Gasteiger partial charge in [0.25, 0.3) is 0 Å². The number of hydrogen-bond acceptors (Lipinski definition) is 5. The molecule has 3 aromatic heterocycles. The Kier molecular flexibility index (Phi) is 5.52. The molecule has 0 aliphatic heterocycles. The Bertz CT molecular complexity index is 1180. The second kappa shape index (κ2) is 8.41. The fourth-order valence-electron chi connectivity index (χ4n) is 3.59. The van der Waals surface area contributed by atoms with Gasteiger partial charge in [-0.1, -0.05) is 12.1 Å². The molecule has 0 saturated carbocycles. The Balaban J connectivity index is 1.64. The van der Waals surface area contributed by atoms with E-state index in [9.17, 15) is 4.79 Å². The van der Waals surface area contributed by atoms with Crippen molar-refractivity contribution < 1.29 is 13.9 Å². The molecule has 0 aliphatic carbocycles. The third-order valence-corrected chi connectivity index (χ3v) is 4.98. The minimum atomic E-state index is -0.0710. The summed E-state index contributed by atoms with van der Waals surface area (Å²) in [5.41, 5.74) is 4.48. The molecule has 7 nitrogen and oxygen atoms in total. The molecular weight excluding hydrogens is 380 g/mol. The first-order valence-corrected chi connectivity index (χ1v) is 9.84. The van der Waals surface area contributed by atoms with Crippen LogP contribution in [0.5, 0.6) is 5.75 Å². The minimum absolute atomic E-state index is 0.0710. The Morgan fingerprint density at radius 1 is 1.20 bits per heavy atom. The van der Waals surface area contributed by atoms with Crippen molar-refractivity contribution in [2.24, 2.45) is 0 Å². The highest BCUT2D eigenvalue weighted by Gasteiger charge is 2.19. The van der Waals surface area contributed by atoms with Gasteiger partial charge in [-0.05, 0) is 49.7 Å². The largest absolute Gasteiger partial charge is 0.496 e. The first-order chi connectivity index (χ1) is 14.6. The van der Waals surface area contributed by atoms with E-state index in [1.165, 1.54) is 0 Å². The van der Waals surface area contributed by atoms with Crippen LogP contribution < -0.4 is 10.1 Å². The summed E-state index contributed by atoms with van der Waals surface area (Å²) in [6.07, 6.45) is 1.88. The number of furan rings is 1. The van der Waals surface area contributed by atoms with Crippen molar-refractivity contribution in [1.82, 2.24) is 20.1 Å². The molecule has 0 spiro atoms. The quantitative estimate of drug-likeness (QED) is 0.503. The number of pyridine rings is 1. The van der Waals surface area contributed by atoms with Crippen LogP contribution in [0.15, 0.2) is 53.1 Å². The highest BCUT2D eigenvalue weighted by atomic mass is 16.5. The van der Waals surface area contributed by atoms with Crippen LogP contribution in [0.1, 0.15) is 23.4 Å². The molecule has 0 unspecified atom stereocenters. The van der Waals surface area contributed by atoms with Crippen molar-refractivity contribution in [1.29, 1.82) is 0 Å². The number of carbonyl (C=O) groups excluding carboxylic acids is 1. The van der Waals surface area contributed by atoms with E-state index in [1.54, 1.807) is 19.4 Å². The smallest absolute Gasteiger partial charge is 0.222 e. The third kappa shape index (κ3) is 3.91. The molecule has 154 valence electrons. The Labute approximate surface area is 174 Å². The van der Waals surface area contributed by atoms with E-state index in [4.69, 9.17) is 19.2 Å². The van der Waals surface area contributed by atoms with Crippen LogP contribution in [0.4, 0.5) is 0 Å². The molecule has 0 fully saturated rings. The van der Waals surface area contributed by atoms with Crippen LogP contribution in [0.2, 0.25) is 0 Å². The molecule has 1 amide bonds. The van der Waals surface area contributed by atoms with Gasteiger partial charge in [-0.2, -0.15) is 5.10 Å². The number of rotatable bonds is 7. The molecule has 4 aromatic rings. The lowest BCUT2D eigenvalue weighted by Gasteiger charge is -2.06. The van der Waals surface area contributed by atoms with E-state index in [0.29, 0.717) is 13.1 Å². The SMILES string of the molecule is COc1ccccc1-c1nn(CCC(=O)NCc2ccco2)c2nc(C)cc(C)c12. The second-order valence-electron chi connectivity index (χ2n) is 7.16. The monoisotopic (exact) mass is 404 g/mol. The summed E-state index contributed by atoms with van der Waals surface area (Å²) in [6, 6.07) is 13.5. The van der Waals surface area contributed by atoms with E-state index in [0.717, 1.165) is 45.1 Å². The first kappa shape index (κ1) is 19.7. The van der Waals surface area contributed by atoms with Gasteiger partial charge in [0, 0.05) is 17.7 Å². The van der Waals surface area contributed by atoms with Gasteiger partial charge in [-0.15, -0.1) is 0 Å². The maximum absolute atomic E-state index is 12.3. The highest BCUT2D eigenvalue weighted by molar-refractivity contribution is 5.95. The minimum Gasteiger partial charge on any atom is -0.496 e. The van der Waals surface area contributed by atoms with Gasteiger partial charge in [-0.25, -0.2) is 9.67 Å². The summed E-state index contributed by atoms with van der Waals surface area (Å²) < 4.78 is 12.6. The van der Waals surface area contributed by atoms with Gasteiger partial charge in [0.15, 0.2) is 5.65 Å². The summed E-state index contributed by atoms with van der Waals surface area (Å²) in [5, 5.41) is 8.67. The maximum Gasteiger partial charge on any atom is 0.222 e. The number of carbonyl (C=O) groups is 1. The van der Waals surface area contributed by atoms with Gasteiger partial charge in [0.2, 0.25) is 5.91 Å². The lowest BCUT2D eigenvalue weighted by Crippen LogP contribution is -2.24. The van der Waals surface area contributed by atoms with Crippen LogP contribution in [0.25, 0.3) is 22.3 Å². The van der Waals surface area contributed by atoms with Gasteiger partial charge in [0.1, 0.15) is 17.2 Å². The van der Waals surface area contributed by atoms with E-state index in [1.807, 2.05) is 48.0 Å². The van der Waals surface area contributed by atoms with Gasteiger partial charge < -0.3 is 14.5 Å². The van der Waals surface area contributed by atoms with Crippen LogP contribution in [-0.2, 0) is 17.9 Å². The predicted molar refractivity (Wildman–Crippen MR) is 114 cm³/mol. The molecule has 0 saturated heterocycles. The van der Waals surface area contributed by atoms with Gasteiger partial charge in [0.05, 0.1) is 31.8 Å². The number of amides is 1. The molecule has 7 heteroatoms. The predicted octanol–water partition coefficient (Wildman–Crippen LogP) is 4.02. The number of para-hydroxylation sites is 1. The molecule has 3 heterocycles. The van der Waals surface area contributed by atoms with Crippen molar-refractivity contribution >= 4 is 16.9 Å². The fourth-order valence-corrected chi connectivity index (χ4v) is 3.59. The second-order valence-corrected chi connectivity index (χ2v) is 7.16. The number of fused-ring (bicyclic) bond motifs is 1. The first-order valence-electron chi connectivity index (χ1n) is 9.84. The number of nitrogens with zero attached hydrogens (tertiary/aromatic N) is 3. The van der Waals surface area contributed by atoms with Crippen LogP contribution in [0.3, 0.4) is 0 Å². The molecule has 1 aromatic carbocycles. The molecule has 30 heavy (non-hydrogen) atoms. The number of nitrogens with one attached hydrogen (secondary N) is 1. The zero-order valence-corrected chi connectivity index (χ0v) is 17.3. The molecule has 0 bridgehead atoms. The van der Waals surface area contributed by atoms with Gasteiger partial charge in [-0.3, -0.25) is 4.79 Å². The molecule has 0 atom stereocenters. The number of aryl methyl sites for hydroxylation is 3. The van der Waals surface area contributed by atoms with Crippen molar-refractivity contribution in [3.05, 3.63) is 65.7 Å². The Hall–Kier alpha value is -3.61. The van der Waals surface area contributed by atoms with Gasteiger partial charge >= 0.3 is 0 Å². The third-order valence-electron chi connectivity index (χ3n) is 4.98. The lowest BCUT2D eigenvalue weighted by atomic mass is 10.0. The zero-order valence-electron chi connectivity index (χ0n) is 17.3. The number of benzene rings is 1. The van der Waals surface area contributed by atoms with Crippen molar-refractivity contribution in [3.8, 4) is 17.0 Å². The molecule has 1 N–H and O–H groups in total. The summed E-state index contributed by atoms with van der Waals surface area (Å²) in [4.78, 5) is 17.0. The average Bonchev–Trinajstić information content (AvgIpc) is 3.38. The Morgan fingerprint density at radius 3 is 2.80 bits per heavy atom. The summed E-state index contributed by atoms with van der Waals surface area (Å²) >= 11 is 0. The van der Waals surface area contributed by atoms with E-state index < -0.39 is 0 Å². The maximum atomic E-state index is 12.3. The van der Waals surface area contributed by atoms with Crippen molar-refractivity contribution in [3.63, 3.8) is 0 Å². The molecule has 0 radical (unpaired) electrons. The molecule has 0 aliphatic rings. The normalized spacial score (nSPS) is 11.0. The topological polar surface area (TPSA) is 82.2 Å². The number of aromatic nitrogens is 3. The van der Waals surface area contributed by atoms with E-state index >= 15 is 0 Å². The Morgan fingerprint density at radius 2 is 2.03 bits per heavy atom. The summed E-state index contributed by atoms with van der Waals surface area (Å²) in [5.74, 6) is 1.40. The lowest BCUT2D eigenvalue weighted by molar-refractivity contribution is -0.121. The molecule has 4 rings (SSSR count). The van der Waals surface area contributed by atoms with E-state index in [2.05, 4.69) is 12.2 Å². The van der Waals surface area contributed by atoms with Crippen LogP contribution in [-0.4, -0.2) is 27.8 Å². The standard InChI is InChI=1S/C23H24N4O3/c1-15-13-16(2)25-23-21(15)22(18-8-4-5-9-19(18)29-3)26-27(23)11-10-20(28)24-14-17-7-6-12-30-17/h4-9,12-13H,10-11,14H2,1-3H3,(H,24,28). The zero-order chi connectivity index (χ0) is 21.1. The summed E-state index contributed by atoms with van der Waals surface area (Å²) in [6.45, 7) is 4.81.